The van der Waals surface area contributed by atoms with E-state index in [1.165, 1.54) is 0 Å². The number of anilines is 1. The van der Waals surface area contributed by atoms with E-state index in [0.717, 1.165) is 5.69 Å². The van der Waals surface area contributed by atoms with Crippen LogP contribution < -0.4 is 11.1 Å². The Kier molecular flexibility index (Phi) is 2.55. The van der Waals surface area contributed by atoms with E-state index < -0.39 is 0 Å². The lowest BCUT2D eigenvalue weighted by molar-refractivity contribution is -0.123. The van der Waals surface area contributed by atoms with Crippen molar-refractivity contribution in [1.82, 2.24) is 15.1 Å². The number of nitrogen functional groups attached to an aromatic ring is 1. The van der Waals surface area contributed by atoms with E-state index >= 15 is 0 Å². The number of amides is 1. The summed E-state index contributed by atoms with van der Waals surface area (Å²) in [6.45, 7) is 3.58. The lowest BCUT2D eigenvalue weighted by atomic mass is 10.3. The number of likely N-dealkylation sites (N-methyl/N-ethyl adjacent to an activating group) is 1. The molecule has 0 aromatic carbocycles. The zero-order chi connectivity index (χ0) is 10.0. The first-order valence-corrected chi connectivity index (χ1v) is 4.09. The van der Waals surface area contributed by atoms with E-state index in [2.05, 4.69) is 10.4 Å². The number of aryl methyl sites for hydroxylation is 1. The van der Waals surface area contributed by atoms with Gasteiger partial charge in [-0.05, 0) is 13.8 Å². The fraction of sp³-hybridized carbons (Fsp3) is 0.500. The molecule has 1 rings (SSSR count). The smallest absolute Gasteiger partial charge is 0.244 e. The van der Waals surface area contributed by atoms with Gasteiger partial charge in [0.05, 0.1) is 11.4 Å². The van der Waals surface area contributed by atoms with Gasteiger partial charge in [-0.3, -0.25) is 9.48 Å². The summed E-state index contributed by atoms with van der Waals surface area (Å²) in [5, 5.41) is 6.66. The summed E-state index contributed by atoms with van der Waals surface area (Å²) < 4.78 is 1.56. The third-order valence-corrected chi connectivity index (χ3v) is 1.98. The van der Waals surface area contributed by atoms with E-state index in [1.807, 2.05) is 6.92 Å². The van der Waals surface area contributed by atoms with Crippen molar-refractivity contribution in [3.8, 4) is 0 Å². The van der Waals surface area contributed by atoms with Crippen molar-refractivity contribution in [3.05, 3.63) is 11.9 Å². The number of carbonyl (C=O) groups is 1. The Hall–Kier alpha value is -1.52. The van der Waals surface area contributed by atoms with Crippen molar-refractivity contribution < 1.29 is 4.79 Å². The highest BCUT2D eigenvalue weighted by Gasteiger charge is 2.14. The van der Waals surface area contributed by atoms with Gasteiger partial charge < -0.3 is 11.1 Å². The van der Waals surface area contributed by atoms with Crippen LogP contribution in [0.4, 0.5) is 5.69 Å². The van der Waals surface area contributed by atoms with Gasteiger partial charge in [0, 0.05) is 13.2 Å². The number of aromatic nitrogens is 2. The minimum absolute atomic E-state index is 0.0810. The molecule has 5 heteroatoms. The third kappa shape index (κ3) is 1.80. The average Bonchev–Trinajstić information content (AvgIpc) is 2.44. The van der Waals surface area contributed by atoms with Crippen LogP contribution in [0.1, 0.15) is 18.7 Å². The summed E-state index contributed by atoms with van der Waals surface area (Å²) >= 11 is 0. The molecular weight excluding hydrogens is 168 g/mol. The minimum atomic E-state index is -0.319. The number of carbonyl (C=O) groups excluding carboxylic acids is 1. The SMILES string of the molecule is CNC(=O)C(C)n1cc(N)c(C)n1. The molecule has 72 valence electrons. The van der Waals surface area contributed by atoms with Crippen molar-refractivity contribution in [2.24, 2.45) is 0 Å². The van der Waals surface area contributed by atoms with Gasteiger partial charge in [0.25, 0.3) is 0 Å². The first kappa shape index (κ1) is 9.57. The van der Waals surface area contributed by atoms with Crippen LogP contribution >= 0.6 is 0 Å². The maximum Gasteiger partial charge on any atom is 0.244 e. The highest BCUT2D eigenvalue weighted by molar-refractivity contribution is 5.79. The highest BCUT2D eigenvalue weighted by Crippen LogP contribution is 2.11. The molecular formula is C8H14N4O. The topological polar surface area (TPSA) is 72.9 Å². The number of nitrogens with zero attached hydrogens (tertiary/aromatic N) is 2. The van der Waals surface area contributed by atoms with Gasteiger partial charge in [-0.25, -0.2) is 0 Å². The summed E-state index contributed by atoms with van der Waals surface area (Å²) in [6, 6.07) is -0.319. The number of nitrogens with one attached hydrogen (secondary N) is 1. The molecule has 0 aliphatic heterocycles. The van der Waals surface area contributed by atoms with Gasteiger partial charge in [0.15, 0.2) is 0 Å². The van der Waals surface area contributed by atoms with Crippen molar-refractivity contribution in [2.45, 2.75) is 19.9 Å². The molecule has 0 bridgehead atoms. The van der Waals surface area contributed by atoms with E-state index in [0.29, 0.717) is 5.69 Å². The van der Waals surface area contributed by atoms with Crippen LogP contribution in [0.2, 0.25) is 0 Å². The molecule has 0 saturated carbocycles. The van der Waals surface area contributed by atoms with Crippen LogP contribution in [-0.4, -0.2) is 22.7 Å². The fourth-order valence-corrected chi connectivity index (χ4v) is 1.02. The molecule has 1 unspecified atom stereocenters. The first-order chi connectivity index (χ1) is 6.06. The van der Waals surface area contributed by atoms with Gasteiger partial charge in [0.1, 0.15) is 6.04 Å². The Morgan fingerprint density at radius 2 is 2.38 bits per heavy atom. The Morgan fingerprint density at radius 3 is 2.77 bits per heavy atom. The molecule has 1 heterocycles. The van der Waals surface area contributed by atoms with Gasteiger partial charge in [-0.2, -0.15) is 5.10 Å². The summed E-state index contributed by atoms with van der Waals surface area (Å²) in [6.07, 6.45) is 1.66. The molecule has 0 fully saturated rings. The molecule has 0 saturated heterocycles. The number of nitrogens with two attached hydrogens (primary N) is 1. The second kappa shape index (κ2) is 3.47. The highest BCUT2D eigenvalue weighted by atomic mass is 16.2. The second-order valence-electron chi connectivity index (χ2n) is 2.94. The summed E-state index contributed by atoms with van der Waals surface area (Å²) in [7, 11) is 1.60. The first-order valence-electron chi connectivity index (χ1n) is 4.09. The monoisotopic (exact) mass is 182 g/mol. The molecule has 0 radical (unpaired) electrons. The normalized spacial score (nSPS) is 12.5. The molecule has 3 N–H and O–H groups in total. The Balaban J connectivity index is 2.89. The molecule has 1 amide bonds. The Morgan fingerprint density at radius 1 is 1.77 bits per heavy atom. The van der Waals surface area contributed by atoms with Crippen molar-refractivity contribution >= 4 is 11.6 Å². The molecule has 0 aliphatic carbocycles. The number of rotatable bonds is 2. The Labute approximate surface area is 76.9 Å². The quantitative estimate of drug-likeness (QED) is 0.680. The molecule has 1 atom stereocenters. The second-order valence-corrected chi connectivity index (χ2v) is 2.94. The van der Waals surface area contributed by atoms with E-state index in [-0.39, 0.29) is 11.9 Å². The maximum absolute atomic E-state index is 11.2. The lowest BCUT2D eigenvalue weighted by Crippen LogP contribution is -2.28. The van der Waals surface area contributed by atoms with Crippen LogP contribution in [-0.2, 0) is 4.79 Å². The van der Waals surface area contributed by atoms with E-state index in [1.54, 1.807) is 24.9 Å². The average molecular weight is 182 g/mol. The predicted molar refractivity (Wildman–Crippen MR) is 50.2 cm³/mol. The molecule has 1 aromatic heterocycles. The van der Waals surface area contributed by atoms with Crippen LogP contribution in [0.3, 0.4) is 0 Å². The summed E-state index contributed by atoms with van der Waals surface area (Å²) in [5.74, 6) is -0.0810. The molecule has 0 spiro atoms. The van der Waals surface area contributed by atoms with Gasteiger partial charge in [0.2, 0.25) is 5.91 Å². The zero-order valence-electron chi connectivity index (χ0n) is 8.03. The molecule has 13 heavy (non-hydrogen) atoms. The lowest BCUT2D eigenvalue weighted by Gasteiger charge is -2.09. The van der Waals surface area contributed by atoms with Crippen LogP contribution in [0.25, 0.3) is 0 Å². The van der Waals surface area contributed by atoms with Gasteiger partial charge in [-0.1, -0.05) is 0 Å². The van der Waals surface area contributed by atoms with Crippen molar-refractivity contribution in [2.75, 3.05) is 12.8 Å². The Bertz CT molecular complexity index is 298. The molecule has 5 nitrogen and oxygen atoms in total. The number of hydrogen-bond donors (Lipinski definition) is 2. The molecule has 0 aliphatic rings. The fourth-order valence-electron chi connectivity index (χ4n) is 1.02. The summed E-state index contributed by atoms with van der Waals surface area (Å²) in [5.41, 5.74) is 6.96. The number of hydrogen-bond acceptors (Lipinski definition) is 3. The van der Waals surface area contributed by atoms with Crippen molar-refractivity contribution in [3.63, 3.8) is 0 Å². The van der Waals surface area contributed by atoms with E-state index in [4.69, 9.17) is 5.73 Å². The van der Waals surface area contributed by atoms with Gasteiger partial charge in [-0.15, -0.1) is 0 Å². The zero-order valence-corrected chi connectivity index (χ0v) is 8.03. The third-order valence-electron chi connectivity index (χ3n) is 1.98. The van der Waals surface area contributed by atoms with Crippen LogP contribution in [0.5, 0.6) is 0 Å². The standard InChI is InChI=1S/C8H14N4O/c1-5-7(9)4-12(11-5)6(2)8(13)10-3/h4,6H,9H2,1-3H3,(H,10,13). The van der Waals surface area contributed by atoms with Crippen molar-refractivity contribution in [1.29, 1.82) is 0 Å². The van der Waals surface area contributed by atoms with E-state index in [9.17, 15) is 4.79 Å². The minimum Gasteiger partial charge on any atom is -0.396 e. The van der Waals surface area contributed by atoms with Gasteiger partial charge >= 0.3 is 0 Å². The predicted octanol–water partition coefficient (Wildman–Crippen LogP) is 0.0807. The largest absolute Gasteiger partial charge is 0.396 e. The summed E-state index contributed by atoms with van der Waals surface area (Å²) in [4.78, 5) is 11.2. The van der Waals surface area contributed by atoms with Crippen LogP contribution in [0.15, 0.2) is 6.20 Å². The molecule has 1 aromatic rings. The van der Waals surface area contributed by atoms with Crippen LogP contribution in [0, 0.1) is 6.92 Å². The maximum atomic E-state index is 11.2.